The van der Waals surface area contributed by atoms with Crippen LogP contribution in [0.15, 0.2) is 63.9 Å². The molecule has 4 rings (SSSR count). The maximum absolute atomic E-state index is 13.1. The normalized spacial score (nSPS) is 15.5. The van der Waals surface area contributed by atoms with Crippen LogP contribution in [0.1, 0.15) is 27.2 Å². The summed E-state index contributed by atoms with van der Waals surface area (Å²) < 4.78 is 45.1. The van der Waals surface area contributed by atoms with Crippen LogP contribution in [0.5, 0.6) is 0 Å². The van der Waals surface area contributed by atoms with Crippen LogP contribution in [-0.4, -0.2) is 21.3 Å². The first-order valence-electron chi connectivity index (χ1n) is 9.44. The first-order valence-corrected chi connectivity index (χ1v) is 10.7. The van der Waals surface area contributed by atoms with Gasteiger partial charge in [0.05, 0.1) is 21.7 Å². The van der Waals surface area contributed by atoms with Crippen molar-refractivity contribution in [3.63, 3.8) is 0 Å². The predicted molar refractivity (Wildman–Crippen MR) is 123 cm³/mol. The molecular formula is C23H14F3NO4S2. The number of carboxylic acids is 1. The SMILES string of the molecule is Cc1ccc(C(=O)O)cc1-c1ccc(/C=C2/SC(=S)N(c3cccc(C(F)(F)F)c3)C2=O)o1. The molecule has 33 heavy (non-hydrogen) atoms. The minimum absolute atomic E-state index is 0.0250. The van der Waals surface area contributed by atoms with E-state index in [1.165, 1.54) is 30.3 Å². The Morgan fingerprint density at radius 1 is 1.15 bits per heavy atom. The first-order chi connectivity index (χ1) is 15.5. The topological polar surface area (TPSA) is 70.8 Å². The second-order valence-corrected chi connectivity index (χ2v) is 8.78. The molecule has 1 amide bonds. The molecule has 1 fully saturated rings. The molecule has 5 nitrogen and oxygen atoms in total. The van der Waals surface area contributed by atoms with E-state index in [4.69, 9.17) is 16.6 Å². The van der Waals surface area contributed by atoms with Crippen molar-refractivity contribution in [2.45, 2.75) is 13.1 Å². The van der Waals surface area contributed by atoms with E-state index in [1.54, 1.807) is 18.2 Å². The number of furan rings is 1. The summed E-state index contributed by atoms with van der Waals surface area (Å²) in [7, 11) is 0. The van der Waals surface area contributed by atoms with Crippen LogP contribution in [-0.2, 0) is 11.0 Å². The Balaban J connectivity index is 1.63. The lowest BCUT2D eigenvalue weighted by Gasteiger charge is -2.16. The summed E-state index contributed by atoms with van der Waals surface area (Å²) >= 11 is 6.18. The van der Waals surface area contributed by atoms with Crippen LogP contribution in [0.25, 0.3) is 17.4 Å². The van der Waals surface area contributed by atoms with Gasteiger partial charge >= 0.3 is 12.1 Å². The number of halogens is 3. The van der Waals surface area contributed by atoms with Gasteiger partial charge in [-0.05, 0) is 55.0 Å². The second-order valence-electron chi connectivity index (χ2n) is 7.10. The molecule has 3 aromatic rings. The average molecular weight is 489 g/mol. The number of carbonyl (C=O) groups excluding carboxylic acids is 1. The van der Waals surface area contributed by atoms with Crippen LogP contribution in [0.2, 0.25) is 0 Å². The first kappa shape index (κ1) is 22.8. The fourth-order valence-corrected chi connectivity index (χ4v) is 4.52. The average Bonchev–Trinajstić information content (AvgIpc) is 3.32. The molecule has 2 aromatic carbocycles. The number of hydrogen-bond acceptors (Lipinski definition) is 5. The molecule has 1 aliphatic rings. The summed E-state index contributed by atoms with van der Waals surface area (Å²) in [5.74, 6) is -0.905. The van der Waals surface area contributed by atoms with Gasteiger partial charge in [-0.15, -0.1) is 0 Å². The zero-order chi connectivity index (χ0) is 23.9. The predicted octanol–water partition coefficient (Wildman–Crippen LogP) is 6.38. The van der Waals surface area contributed by atoms with Crippen molar-refractivity contribution < 1.29 is 32.3 Å². The number of amides is 1. The molecule has 0 unspecified atom stereocenters. The largest absolute Gasteiger partial charge is 0.478 e. The third kappa shape index (κ3) is 4.57. The monoisotopic (exact) mass is 489 g/mol. The number of anilines is 1. The molecule has 1 N–H and O–H groups in total. The molecule has 1 aliphatic heterocycles. The Labute approximate surface area is 195 Å². The molecular weight excluding hydrogens is 475 g/mol. The zero-order valence-corrected chi connectivity index (χ0v) is 18.5. The maximum Gasteiger partial charge on any atom is 0.416 e. The molecule has 0 spiro atoms. The third-order valence-corrected chi connectivity index (χ3v) is 6.18. The Bertz CT molecular complexity index is 1330. The number of aryl methyl sites for hydroxylation is 1. The lowest BCUT2D eigenvalue weighted by atomic mass is 10.0. The third-order valence-electron chi connectivity index (χ3n) is 4.88. The molecule has 1 saturated heterocycles. The number of carbonyl (C=O) groups is 2. The van der Waals surface area contributed by atoms with E-state index in [0.29, 0.717) is 17.1 Å². The smallest absolute Gasteiger partial charge is 0.416 e. The fourth-order valence-electron chi connectivity index (χ4n) is 3.24. The van der Waals surface area contributed by atoms with E-state index in [1.807, 2.05) is 6.92 Å². The van der Waals surface area contributed by atoms with Crippen molar-refractivity contribution >= 4 is 51.9 Å². The number of carboxylic acid groups (broad SMARTS) is 1. The van der Waals surface area contributed by atoms with Gasteiger partial charge in [0.25, 0.3) is 5.91 Å². The van der Waals surface area contributed by atoms with Crippen molar-refractivity contribution in [1.82, 2.24) is 0 Å². The molecule has 168 valence electrons. The summed E-state index contributed by atoms with van der Waals surface area (Å²) in [5, 5.41) is 9.22. The van der Waals surface area contributed by atoms with E-state index < -0.39 is 23.6 Å². The minimum Gasteiger partial charge on any atom is -0.478 e. The van der Waals surface area contributed by atoms with Gasteiger partial charge in [0.15, 0.2) is 4.32 Å². The number of thioether (sulfide) groups is 1. The van der Waals surface area contributed by atoms with Crippen LogP contribution in [0.4, 0.5) is 18.9 Å². The summed E-state index contributed by atoms with van der Waals surface area (Å²) in [5.41, 5.74) is 0.642. The van der Waals surface area contributed by atoms with Crippen molar-refractivity contribution in [2.75, 3.05) is 4.90 Å². The Morgan fingerprint density at radius 2 is 1.91 bits per heavy atom. The van der Waals surface area contributed by atoms with E-state index in [2.05, 4.69) is 0 Å². The summed E-state index contributed by atoms with van der Waals surface area (Å²) in [6.07, 6.45) is -3.10. The molecule has 0 aliphatic carbocycles. The van der Waals surface area contributed by atoms with E-state index in [9.17, 15) is 27.9 Å². The Morgan fingerprint density at radius 3 is 2.61 bits per heavy atom. The Kier molecular flexibility index (Phi) is 5.89. The highest BCUT2D eigenvalue weighted by molar-refractivity contribution is 8.27. The van der Waals surface area contributed by atoms with Crippen LogP contribution in [0, 0.1) is 6.92 Å². The molecule has 2 heterocycles. The van der Waals surface area contributed by atoms with Gasteiger partial charge in [-0.1, -0.05) is 36.1 Å². The fraction of sp³-hybridized carbons (Fsp3) is 0.0870. The summed E-state index contributed by atoms with van der Waals surface area (Å²) in [6.45, 7) is 1.81. The van der Waals surface area contributed by atoms with Crippen LogP contribution in [0.3, 0.4) is 0 Å². The van der Waals surface area contributed by atoms with Gasteiger partial charge in [-0.25, -0.2) is 4.79 Å². The number of aromatic carboxylic acids is 1. The molecule has 0 radical (unpaired) electrons. The molecule has 0 saturated carbocycles. The number of alkyl halides is 3. The summed E-state index contributed by atoms with van der Waals surface area (Å²) in [6, 6.07) is 12.3. The highest BCUT2D eigenvalue weighted by Gasteiger charge is 2.36. The lowest BCUT2D eigenvalue weighted by molar-refractivity contribution is -0.137. The van der Waals surface area contributed by atoms with Gasteiger partial charge in [0.1, 0.15) is 11.5 Å². The van der Waals surface area contributed by atoms with Gasteiger partial charge in [-0.2, -0.15) is 13.2 Å². The number of rotatable bonds is 4. The van der Waals surface area contributed by atoms with Gasteiger partial charge < -0.3 is 9.52 Å². The minimum atomic E-state index is -4.55. The van der Waals surface area contributed by atoms with Crippen molar-refractivity contribution in [3.8, 4) is 11.3 Å². The lowest BCUT2D eigenvalue weighted by Crippen LogP contribution is -2.27. The number of hydrogen-bond donors (Lipinski definition) is 1. The highest BCUT2D eigenvalue weighted by Crippen LogP contribution is 2.39. The van der Waals surface area contributed by atoms with E-state index >= 15 is 0 Å². The van der Waals surface area contributed by atoms with Crippen molar-refractivity contribution in [3.05, 3.63) is 82.0 Å². The van der Waals surface area contributed by atoms with Crippen molar-refractivity contribution in [1.29, 1.82) is 0 Å². The maximum atomic E-state index is 13.1. The van der Waals surface area contributed by atoms with Crippen molar-refractivity contribution in [2.24, 2.45) is 0 Å². The van der Waals surface area contributed by atoms with Gasteiger partial charge in [-0.3, -0.25) is 9.69 Å². The van der Waals surface area contributed by atoms with Gasteiger partial charge in [0.2, 0.25) is 0 Å². The second kappa shape index (κ2) is 8.53. The molecule has 0 bridgehead atoms. The van der Waals surface area contributed by atoms with Crippen LogP contribution < -0.4 is 4.90 Å². The molecule has 0 atom stereocenters. The van der Waals surface area contributed by atoms with Gasteiger partial charge in [0, 0.05) is 11.6 Å². The quantitative estimate of drug-likeness (QED) is 0.339. The number of thiocarbonyl (C=S) groups is 1. The Hall–Kier alpha value is -3.37. The highest BCUT2D eigenvalue weighted by atomic mass is 32.2. The molecule has 1 aromatic heterocycles. The number of benzene rings is 2. The van der Waals surface area contributed by atoms with Crippen LogP contribution >= 0.6 is 24.0 Å². The standard InChI is InChI=1S/C23H14F3NO4S2/c1-12-5-6-13(21(29)30)9-17(12)18-8-7-16(31-18)11-19-20(28)27(22(32)33-19)15-4-2-3-14(10-15)23(24,25)26/h2-11H,1H3,(H,29,30)/b19-11+. The molecule has 10 heteroatoms. The van der Waals surface area contributed by atoms with E-state index in [-0.39, 0.29) is 20.5 Å². The number of nitrogens with zero attached hydrogens (tertiary/aromatic N) is 1. The zero-order valence-electron chi connectivity index (χ0n) is 16.8. The summed E-state index contributed by atoms with van der Waals surface area (Å²) in [4.78, 5) is 25.4. The van der Waals surface area contributed by atoms with E-state index in [0.717, 1.165) is 34.4 Å².